The molecule has 1 aliphatic heterocycles. The van der Waals surface area contributed by atoms with E-state index in [-0.39, 0.29) is 24.0 Å². The number of hydrogen-bond acceptors (Lipinski definition) is 4. The van der Waals surface area contributed by atoms with E-state index < -0.39 is 0 Å². The average molecular weight is 390 g/mol. The Labute approximate surface area is 168 Å². The van der Waals surface area contributed by atoms with Gasteiger partial charge in [0.2, 0.25) is 5.91 Å². The van der Waals surface area contributed by atoms with Gasteiger partial charge in [0.15, 0.2) is 5.96 Å². The van der Waals surface area contributed by atoms with E-state index in [1.54, 1.807) is 14.2 Å². The van der Waals surface area contributed by atoms with E-state index in [0.29, 0.717) is 12.5 Å². The molecule has 1 heterocycles. The third-order valence-electron chi connectivity index (χ3n) is 4.70. The van der Waals surface area contributed by atoms with Crippen molar-refractivity contribution in [2.45, 2.75) is 45.2 Å². The van der Waals surface area contributed by atoms with E-state index in [1.165, 1.54) is 18.4 Å². The monoisotopic (exact) mass is 389 g/mol. The zero-order valence-electron chi connectivity index (χ0n) is 17.8. The van der Waals surface area contributed by atoms with Crippen LogP contribution in [-0.4, -0.2) is 62.6 Å². The Hall–Kier alpha value is -2.28. The van der Waals surface area contributed by atoms with E-state index in [1.807, 2.05) is 39.0 Å². The first-order chi connectivity index (χ1) is 13.3. The number of hydrogen-bond donors (Lipinski definition) is 3. The molecule has 0 aromatic heterocycles. The maximum absolute atomic E-state index is 12.1. The molecule has 2 rings (SSSR count). The molecule has 1 atom stereocenters. The van der Waals surface area contributed by atoms with E-state index in [4.69, 9.17) is 4.74 Å². The number of methoxy groups -OCH3 is 1. The molecule has 7 nitrogen and oxygen atoms in total. The number of ether oxygens (including phenoxy) is 1. The number of benzene rings is 1. The Kier molecular flexibility index (Phi) is 8.11. The third-order valence-corrected chi connectivity index (χ3v) is 4.70. The predicted molar refractivity (Wildman–Crippen MR) is 114 cm³/mol. The van der Waals surface area contributed by atoms with Crippen molar-refractivity contribution < 1.29 is 9.53 Å². The standard InChI is InChI=1S/C21H35N5O2/c1-21(2,3)25-19(27)15-24-20(22-4)23-14-17(26-12-8-9-13-26)16-10-6-7-11-18(16)28-5/h6-7,10-11,17H,8-9,12-15H2,1-5H3,(H,25,27)(H2,22,23,24). The number of likely N-dealkylation sites (tertiary alicyclic amines) is 1. The largest absolute Gasteiger partial charge is 0.496 e. The molecule has 0 aliphatic carbocycles. The van der Waals surface area contributed by atoms with Crippen molar-refractivity contribution in [2.24, 2.45) is 4.99 Å². The van der Waals surface area contributed by atoms with Gasteiger partial charge in [0.25, 0.3) is 0 Å². The molecule has 28 heavy (non-hydrogen) atoms. The fourth-order valence-electron chi connectivity index (χ4n) is 3.47. The van der Waals surface area contributed by atoms with Gasteiger partial charge in [-0.25, -0.2) is 0 Å². The molecule has 1 fully saturated rings. The number of rotatable bonds is 7. The first-order valence-corrected chi connectivity index (χ1v) is 9.96. The van der Waals surface area contributed by atoms with Crippen LogP contribution in [0, 0.1) is 0 Å². The van der Waals surface area contributed by atoms with Crippen LogP contribution < -0.4 is 20.7 Å². The first-order valence-electron chi connectivity index (χ1n) is 9.96. The lowest BCUT2D eigenvalue weighted by molar-refractivity contribution is -0.121. The van der Waals surface area contributed by atoms with Crippen LogP contribution in [0.15, 0.2) is 29.3 Å². The lowest BCUT2D eigenvalue weighted by Gasteiger charge is -2.30. The van der Waals surface area contributed by atoms with Gasteiger partial charge in [-0.1, -0.05) is 18.2 Å². The van der Waals surface area contributed by atoms with Crippen molar-refractivity contribution in [1.29, 1.82) is 0 Å². The van der Waals surface area contributed by atoms with Crippen molar-refractivity contribution in [3.63, 3.8) is 0 Å². The minimum Gasteiger partial charge on any atom is -0.496 e. The van der Waals surface area contributed by atoms with Crippen LogP contribution in [0.3, 0.4) is 0 Å². The van der Waals surface area contributed by atoms with Crippen molar-refractivity contribution in [2.75, 3.05) is 40.3 Å². The Morgan fingerprint density at radius 1 is 1.21 bits per heavy atom. The maximum Gasteiger partial charge on any atom is 0.239 e. The number of aliphatic imine (C=N–C) groups is 1. The minimum absolute atomic E-state index is 0.0590. The summed E-state index contributed by atoms with van der Waals surface area (Å²) in [5, 5.41) is 9.41. The van der Waals surface area contributed by atoms with Gasteiger partial charge in [0.05, 0.1) is 19.7 Å². The van der Waals surface area contributed by atoms with Crippen molar-refractivity contribution >= 4 is 11.9 Å². The van der Waals surface area contributed by atoms with Crippen molar-refractivity contribution in [3.05, 3.63) is 29.8 Å². The number of guanidine groups is 1. The lowest BCUT2D eigenvalue weighted by Crippen LogP contribution is -2.49. The summed E-state index contributed by atoms with van der Waals surface area (Å²) in [5.41, 5.74) is 0.917. The van der Waals surface area contributed by atoms with Crippen LogP contribution in [0.2, 0.25) is 0 Å². The van der Waals surface area contributed by atoms with Crippen LogP contribution in [0.25, 0.3) is 0 Å². The normalized spacial score (nSPS) is 16.5. The van der Waals surface area contributed by atoms with Crippen molar-refractivity contribution in [3.8, 4) is 5.75 Å². The molecule has 1 aromatic rings. The molecule has 7 heteroatoms. The summed E-state index contributed by atoms with van der Waals surface area (Å²) in [4.78, 5) is 18.8. The average Bonchev–Trinajstić information content (AvgIpc) is 3.17. The minimum atomic E-state index is -0.250. The van der Waals surface area contributed by atoms with Crippen LogP contribution in [0.4, 0.5) is 0 Å². The second-order valence-corrected chi connectivity index (χ2v) is 8.11. The van der Waals surface area contributed by atoms with E-state index in [0.717, 1.165) is 18.8 Å². The highest BCUT2D eigenvalue weighted by Crippen LogP contribution is 2.31. The molecule has 0 bridgehead atoms. The van der Waals surface area contributed by atoms with Crippen LogP contribution in [0.1, 0.15) is 45.2 Å². The molecule has 0 spiro atoms. The molecule has 1 saturated heterocycles. The summed E-state index contributed by atoms with van der Waals surface area (Å²) in [6, 6.07) is 8.34. The molecule has 1 aromatic carbocycles. The Balaban J connectivity index is 2.00. The second-order valence-electron chi connectivity index (χ2n) is 8.11. The molecular weight excluding hydrogens is 354 g/mol. The number of nitrogens with one attached hydrogen (secondary N) is 3. The third kappa shape index (κ3) is 6.71. The Morgan fingerprint density at radius 2 is 1.89 bits per heavy atom. The van der Waals surface area contributed by atoms with Gasteiger partial charge in [-0.05, 0) is 52.8 Å². The summed E-state index contributed by atoms with van der Waals surface area (Å²) < 4.78 is 5.59. The van der Waals surface area contributed by atoms with E-state index in [9.17, 15) is 4.79 Å². The SMILES string of the molecule is CN=C(NCC(=O)NC(C)(C)C)NCC(c1ccccc1OC)N1CCCC1. The molecule has 0 radical (unpaired) electrons. The van der Waals surface area contributed by atoms with E-state index >= 15 is 0 Å². The summed E-state index contributed by atoms with van der Waals surface area (Å²) >= 11 is 0. The number of para-hydroxylation sites is 1. The number of carbonyl (C=O) groups is 1. The van der Waals surface area contributed by atoms with E-state index in [2.05, 4.69) is 31.9 Å². The predicted octanol–water partition coefficient (Wildman–Crippen LogP) is 1.91. The zero-order valence-corrected chi connectivity index (χ0v) is 17.8. The highest BCUT2D eigenvalue weighted by atomic mass is 16.5. The van der Waals surface area contributed by atoms with Crippen LogP contribution >= 0.6 is 0 Å². The molecule has 1 amide bonds. The molecular formula is C21H35N5O2. The fraction of sp³-hybridized carbons (Fsp3) is 0.619. The van der Waals surface area contributed by atoms with Gasteiger partial charge >= 0.3 is 0 Å². The second kappa shape index (κ2) is 10.3. The quantitative estimate of drug-likeness (QED) is 0.491. The first kappa shape index (κ1) is 22.0. The smallest absolute Gasteiger partial charge is 0.239 e. The molecule has 156 valence electrons. The summed E-state index contributed by atoms with van der Waals surface area (Å²) in [5.74, 6) is 1.45. The molecule has 1 aliphatic rings. The summed E-state index contributed by atoms with van der Waals surface area (Å²) in [6.45, 7) is 8.90. The Bertz CT molecular complexity index is 663. The number of amides is 1. The maximum atomic E-state index is 12.1. The highest BCUT2D eigenvalue weighted by Gasteiger charge is 2.26. The molecule has 0 saturated carbocycles. The van der Waals surface area contributed by atoms with Gasteiger partial charge in [-0.15, -0.1) is 0 Å². The lowest BCUT2D eigenvalue weighted by atomic mass is 10.0. The Morgan fingerprint density at radius 3 is 2.50 bits per heavy atom. The van der Waals surface area contributed by atoms with Gasteiger partial charge in [0, 0.05) is 24.7 Å². The van der Waals surface area contributed by atoms with Crippen molar-refractivity contribution in [1.82, 2.24) is 20.9 Å². The number of nitrogens with zero attached hydrogens (tertiary/aromatic N) is 2. The van der Waals surface area contributed by atoms with Crippen LogP contribution in [-0.2, 0) is 4.79 Å². The van der Waals surface area contributed by atoms with Crippen LogP contribution in [0.5, 0.6) is 5.75 Å². The van der Waals surface area contributed by atoms with Gasteiger partial charge in [-0.3, -0.25) is 14.7 Å². The number of carbonyl (C=O) groups excluding carboxylic acids is 1. The van der Waals surface area contributed by atoms with Gasteiger partial charge < -0.3 is 20.7 Å². The molecule has 3 N–H and O–H groups in total. The molecule has 1 unspecified atom stereocenters. The van der Waals surface area contributed by atoms with Gasteiger partial charge in [0.1, 0.15) is 5.75 Å². The van der Waals surface area contributed by atoms with Gasteiger partial charge in [-0.2, -0.15) is 0 Å². The highest BCUT2D eigenvalue weighted by molar-refractivity contribution is 5.86. The fourth-order valence-corrected chi connectivity index (χ4v) is 3.47. The topological polar surface area (TPSA) is 78.0 Å². The summed E-state index contributed by atoms with van der Waals surface area (Å²) in [6.07, 6.45) is 2.43. The summed E-state index contributed by atoms with van der Waals surface area (Å²) in [7, 11) is 3.42. The zero-order chi connectivity index (χ0) is 20.6.